The van der Waals surface area contributed by atoms with Crippen LogP contribution < -0.4 is 15.4 Å². The highest BCUT2D eigenvalue weighted by molar-refractivity contribution is 7.80. The number of non-ortho nitro benzene ring substituents is 1. The first kappa shape index (κ1) is 18.7. The normalized spacial score (nSPS) is 10.4. The average Bonchev–Trinajstić information content (AvgIpc) is 3.03. The molecule has 0 aliphatic rings. The van der Waals surface area contributed by atoms with E-state index in [1.807, 2.05) is 6.92 Å². The number of nitro benzene ring substituents is 1. The highest BCUT2D eigenvalue weighted by Crippen LogP contribution is 2.29. The Morgan fingerprint density at radius 3 is 2.70 bits per heavy atom. The number of ether oxygens (including phenoxy) is 1. The van der Waals surface area contributed by atoms with Gasteiger partial charge >= 0.3 is 0 Å². The zero-order chi connectivity index (χ0) is 19.4. The van der Waals surface area contributed by atoms with Crippen molar-refractivity contribution in [3.8, 4) is 5.75 Å². The van der Waals surface area contributed by atoms with E-state index >= 15 is 0 Å². The number of nitrogens with one attached hydrogen (secondary N) is 2. The number of hydrogen-bond acceptors (Lipinski definition) is 7. The predicted octanol–water partition coefficient (Wildman–Crippen LogP) is 3.73. The van der Waals surface area contributed by atoms with Gasteiger partial charge in [-0.05, 0) is 49.5 Å². The summed E-state index contributed by atoms with van der Waals surface area (Å²) < 4.78 is 5.98. The second-order valence-corrected chi connectivity index (χ2v) is 6.73. The smallest absolute Gasteiger partial charge is 0.270 e. The van der Waals surface area contributed by atoms with E-state index in [0.29, 0.717) is 33.3 Å². The van der Waals surface area contributed by atoms with Crippen LogP contribution in [0.2, 0.25) is 0 Å². The summed E-state index contributed by atoms with van der Waals surface area (Å²) in [6.45, 7) is 2.43. The number of rotatable bonds is 5. The molecule has 0 unspecified atom stereocenters. The van der Waals surface area contributed by atoms with Crippen LogP contribution in [-0.2, 0) is 0 Å². The van der Waals surface area contributed by atoms with Crippen molar-refractivity contribution in [2.24, 2.45) is 0 Å². The van der Waals surface area contributed by atoms with Crippen LogP contribution in [0.25, 0.3) is 10.2 Å². The number of hydrogen-bond donors (Lipinski definition) is 2. The monoisotopic (exact) mass is 402 g/mol. The van der Waals surface area contributed by atoms with E-state index < -0.39 is 4.92 Å². The fourth-order valence-corrected chi connectivity index (χ4v) is 3.41. The van der Waals surface area contributed by atoms with Gasteiger partial charge in [0, 0.05) is 17.7 Å². The molecule has 1 aromatic heterocycles. The Kier molecular flexibility index (Phi) is 5.57. The van der Waals surface area contributed by atoms with Crippen LogP contribution in [0.1, 0.15) is 17.3 Å². The number of thiazole rings is 1. The van der Waals surface area contributed by atoms with Gasteiger partial charge in [0.1, 0.15) is 5.75 Å². The Balaban J connectivity index is 1.65. The number of nitro groups is 1. The molecule has 0 atom stereocenters. The number of carbonyl (C=O) groups is 1. The maximum atomic E-state index is 12.2. The van der Waals surface area contributed by atoms with E-state index in [9.17, 15) is 14.9 Å². The molecule has 27 heavy (non-hydrogen) atoms. The minimum Gasteiger partial charge on any atom is -0.494 e. The SMILES string of the molecule is CCOc1ccc(C(=O)NC(=S)Nc2nc3ccc([N+](=O)[O-])cc3s2)cc1. The van der Waals surface area contributed by atoms with E-state index in [2.05, 4.69) is 15.6 Å². The number of carbonyl (C=O) groups excluding carboxylic acids is 1. The number of aromatic nitrogens is 1. The van der Waals surface area contributed by atoms with Crippen LogP contribution in [0.15, 0.2) is 42.5 Å². The lowest BCUT2D eigenvalue weighted by atomic mass is 10.2. The average molecular weight is 402 g/mol. The summed E-state index contributed by atoms with van der Waals surface area (Å²) in [5.41, 5.74) is 1.03. The summed E-state index contributed by atoms with van der Waals surface area (Å²) in [6.07, 6.45) is 0. The highest BCUT2D eigenvalue weighted by Gasteiger charge is 2.13. The van der Waals surface area contributed by atoms with Gasteiger partial charge in [-0.2, -0.15) is 0 Å². The quantitative estimate of drug-likeness (QED) is 0.380. The van der Waals surface area contributed by atoms with Crippen LogP contribution in [0.5, 0.6) is 5.75 Å². The Labute approximate surface area is 163 Å². The number of fused-ring (bicyclic) bond motifs is 1. The summed E-state index contributed by atoms with van der Waals surface area (Å²) in [6, 6.07) is 11.1. The third-order valence-electron chi connectivity index (χ3n) is 3.46. The minimum absolute atomic E-state index is 0.0101. The van der Waals surface area contributed by atoms with Crippen molar-refractivity contribution in [3.63, 3.8) is 0 Å². The van der Waals surface area contributed by atoms with E-state index in [-0.39, 0.29) is 16.7 Å². The van der Waals surface area contributed by atoms with Gasteiger partial charge in [0.25, 0.3) is 11.6 Å². The van der Waals surface area contributed by atoms with Crippen LogP contribution >= 0.6 is 23.6 Å². The van der Waals surface area contributed by atoms with Gasteiger partial charge in [-0.1, -0.05) is 11.3 Å². The lowest BCUT2D eigenvalue weighted by molar-refractivity contribution is -0.384. The van der Waals surface area contributed by atoms with Gasteiger partial charge in [-0.15, -0.1) is 0 Å². The zero-order valence-electron chi connectivity index (χ0n) is 14.1. The fourth-order valence-electron chi connectivity index (χ4n) is 2.25. The van der Waals surface area contributed by atoms with Crippen LogP contribution in [0.4, 0.5) is 10.8 Å². The van der Waals surface area contributed by atoms with Gasteiger partial charge in [0.05, 0.1) is 21.7 Å². The summed E-state index contributed by atoms with van der Waals surface area (Å²) in [5.74, 6) is 0.311. The van der Waals surface area contributed by atoms with Crippen molar-refractivity contribution in [1.29, 1.82) is 0 Å². The molecule has 0 bridgehead atoms. The van der Waals surface area contributed by atoms with Crippen LogP contribution in [0.3, 0.4) is 0 Å². The van der Waals surface area contributed by atoms with Crippen molar-refractivity contribution in [3.05, 3.63) is 58.1 Å². The molecule has 0 fully saturated rings. The van der Waals surface area contributed by atoms with E-state index in [1.165, 1.54) is 23.5 Å². The van der Waals surface area contributed by atoms with E-state index in [4.69, 9.17) is 17.0 Å². The number of anilines is 1. The zero-order valence-corrected chi connectivity index (χ0v) is 15.7. The van der Waals surface area contributed by atoms with Crippen molar-refractivity contribution in [2.45, 2.75) is 6.92 Å². The molecular formula is C17H14N4O4S2. The van der Waals surface area contributed by atoms with Crippen LogP contribution in [-0.4, -0.2) is 27.5 Å². The Morgan fingerprint density at radius 2 is 2.04 bits per heavy atom. The number of benzene rings is 2. The number of amides is 1. The molecule has 3 aromatic rings. The van der Waals surface area contributed by atoms with Gasteiger partial charge in [0.2, 0.25) is 0 Å². The standard InChI is InChI=1S/C17H14N4O4S2/c1-2-25-12-6-3-10(4-7-12)15(22)19-16(26)20-17-18-13-8-5-11(21(23)24)9-14(13)27-17/h3-9H,2H2,1H3,(H2,18,19,20,22,26). The molecule has 10 heteroatoms. The van der Waals surface area contributed by atoms with Gasteiger partial charge in [0.15, 0.2) is 10.2 Å². The summed E-state index contributed by atoms with van der Waals surface area (Å²) in [4.78, 5) is 26.9. The molecule has 0 aliphatic carbocycles. The number of thiocarbonyl (C=S) groups is 1. The molecule has 8 nitrogen and oxygen atoms in total. The van der Waals surface area contributed by atoms with E-state index in [0.717, 1.165) is 0 Å². The maximum absolute atomic E-state index is 12.2. The molecule has 0 saturated heterocycles. The van der Waals surface area contributed by atoms with Crippen LogP contribution in [0, 0.1) is 10.1 Å². The first-order valence-corrected chi connectivity index (χ1v) is 9.09. The van der Waals surface area contributed by atoms with Gasteiger partial charge in [-0.25, -0.2) is 4.98 Å². The van der Waals surface area contributed by atoms with Gasteiger partial charge in [-0.3, -0.25) is 20.2 Å². The highest BCUT2D eigenvalue weighted by atomic mass is 32.1. The topological polar surface area (TPSA) is 106 Å². The molecule has 1 amide bonds. The van der Waals surface area contributed by atoms with Gasteiger partial charge < -0.3 is 10.1 Å². The van der Waals surface area contributed by atoms with Crippen molar-refractivity contribution < 1.29 is 14.5 Å². The molecule has 1 heterocycles. The first-order valence-electron chi connectivity index (χ1n) is 7.86. The predicted molar refractivity (Wildman–Crippen MR) is 108 cm³/mol. The van der Waals surface area contributed by atoms with Crippen molar-refractivity contribution in [2.75, 3.05) is 11.9 Å². The lowest BCUT2D eigenvalue weighted by Crippen LogP contribution is -2.34. The maximum Gasteiger partial charge on any atom is 0.270 e. The Bertz CT molecular complexity index is 1020. The fraction of sp³-hybridized carbons (Fsp3) is 0.118. The third kappa shape index (κ3) is 4.54. The van der Waals surface area contributed by atoms with Crippen molar-refractivity contribution >= 4 is 55.6 Å². The molecule has 0 radical (unpaired) electrons. The van der Waals surface area contributed by atoms with E-state index in [1.54, 1.807) is 30.3 Å². The summed E-state index contributed by atoms with van der Waals surface area (Å²) in [5, 5.41) is 16.8. The molecule has 138 valence electrons. The second kappa shape index (κ2) is 8.06. The molecule has 2 aromatic carbocycles. The molecule has 2 N–H and O–H groups in total. The largest absolute Gasteiger partial charge is 0.494 e. The third-order valence-corrected chi connectivity index (χ3v) is 4.60. The number of nitrogens with zero attached hydrogens (tertiary/aromatic N) is 2. The molecular weight excluding hydrogens is 388 g/mol. The lowest BCUT2D eigenvalue weighted by Gasteiger charge is -2.08. The molecule has 3 rings (SSSR count). The molecule has 0 saturated carbocycles. The van der Waals surface area contributed by atoms with Crippen molar-refractivity contribution in [1.82, 2.24) is 10.3 Å². The molecule has 0 aliphatic heterocycles. The minimum atomic E-state index is -0.464. The Morgan fingerprint density at radius 1 is 1.30 bits per heavy atom. The second-order valence-electron chi connectivity index (χ2n) is 5.29. The first-order chi connectivity index (χ1) is 13.0. The summed E-state index contributed by atoms with van der Waals surface area (Å²) in [7, 11) is 0. The Hall–Kier alpha value is -3.11. The summed E-state index contributed by atoms with van der Waals surface area (Å²) >= 11 is 6.35. The molecule has 0 spiro atoms.